The van der Waals surface area contributed by atoms with Crippen molar-refractivity contribution < 1.29 is 27.2 Å². The van der Waals surface area contributed by atoms with Gasteiger partial charge in [-0.3, -0.25) is 9.59 Å². The van der Waals surface area contributed by atoms with E-state index in [4.69, 9.17) is 9.15 Å². The van der Waals surface area contributed by atoms with Crippen molar-refractivity contribution in [3.8, 4) is 5.75 Å². The van der Waals surface area contributed by atoms with Crippen molar-refractivity contribution in [2.45, 2.75) is 56.1 Å². The number of sulfonamides is 1. The molecule has 2 amide bonds. The van der Waals surface area contributed by atoms with E-state index in [1.807, 2.05) is 54.6 Å². The van der Waals surface area contributed by atoms with Gasteiger partial charge in [0.25, 0.3) is 0 Å². The molecule has 1 saturated heterocycles. The summed E-state index contributed by atoms with van der Waals surface area (Å²) in [5, 5.41) is 2.95. The van der Waals surface area contributed by atoms with Crippen LogP contribution < -0.4 is 10.1 Å². The minimum absolute atomic E-state index is 0.144. The Bertz CT molecular complexity index is 1630. The van der Waals surface area contributed by atoms with Gasteiger partial charge in [0.2, 0.25) is 21.8 Å². The number of methoxy groups -OCH3 is 1. The smallest absolute Gasteiger partial charge is 0.243 e. The molecule has 0 spiro atoms. The molecule has 236 valence electrons. The molecule has 2 heterocycles. The Hall–Kier alpha value is -4.41. The minimum Gasteiger partial charge on any atom is -0.497 e. The number of hydrogen-bond donors (Lipinski definition) is 1. The van der Waals surface area contributed by atoms with Crippen LogP contribution in [0.4, 0.5) is 0 Å². The van der Waals surface area contributed by atoms with Crippen molar-refractivity contribution in [3.63, 3.8) is 0 Å². The van der Waals surface area contributed by atoms with Gasteiger partial charge < -0.3 is 19.4 Å². The Morgan fingerprint density at radius 2 is 1.58 bits per heavy atom. The molecule has 1 fully saturated rings. The predicted molar refractivity (Wildman–Crippen MR) is 171 cm³/mol. The first-order valence-electron chi connectivity index (χ1n) is 15.2. The van der Waals surface area contributed by atoms with Crippen LogP contribution in [-0.4, -0.2) is 55.7 Å². The highest BCUT2D eigenvalue weighted by Crippen LogP contribution is 2.23. The topological polar surface area (TPSA) is 109 Å². The van der Waals surface area contributed by atoms with Crippen LogP contribution in [0.1, 0.15) is 41.7 Å². The van der Waals surface area contributed by atoms with Gasteiger partial charge in [0.1, 0.15) is 17.6 Å². The molecule has 0 aliphatic carbocycles. The number of amides is 2. The van der Waals surface area contributed by atoms with Crippen LogP contribution in [0.25, 0.3) is 0 Å². The Labute approximate surface area is 264 Å². The van der Waals surface area contributed by atoms with Gasteiger partial charge in [0.15, 0.2) is 0 Å². The highest BCUT2D eigenvalue weighted by atomic mass is 32.2. The van der Waals surface area contributed by atoms with Crippen molar-refractivity contribution in [1.29, 1.82) is 0 Å². The molecule has 0 saturated carbocycles. The summed E-state index contributed by atoms with van der Waals surface area (Å²) in [7, 11) is -1.92. The van der Waals surface area contributed by atoms with Crippen LogP contribution in [0.5, 0.6) is 5.75 Å². The zero-order chi connectivity index (χ0) is 31.6. The lowest BCUT2D eigenvalue weighted by Crippen LogP contribution is -2.50. The third-order valence-electron chi connectivity index (χ3n) is 8.05. The summed E-state index contributed by atoms with van der Waals surface area (Å²) >= 11 is 0. The van der Waals surface area contributed by atoms with Crippen LogP contribution in [-0.2, 0) is 45.5 Å². The predicted octanol–water partition coefficient (Wildman–Crippen LogP) is 4.96. The van der Waals surface area contributed by atoms with Gasteiger partial charge in [0.05, 0.1) is 24.8 Å². The minimum atomic E-state index is -3.51. The molecule has 1 atom stereocenters. The van der Waals surface area contributed by atoms with Crippen molar-refractivity contribution in [2.75, 3.05) is 20.2 Å². The van der Waals surface area contributed by atoms with Crippen LogP contribution in [0.2, 0.25) is 0 Å². The number of nitrogens with one attached hydrogen (secondary N) is 1. The fraction of sp³-hybridized carbons (Fsp3) is 0.314. The molecule has 4 aromatic rings. The van der Waals surface area contributed by atoms with E-state index in [1.54, 1.807) is 54.7 Å². The molecule has 0 bridgehead atoms. The number of aryl methyl sites for hydroxylation is 1. The average molecular weight is 630 g/mol. The Morgan fingerprint density at radius 3 is 2.22 bits per heavy atom. The number of benzene rings is 3. The maximum absolute atomic E-state index is 14.0. The lowest BCUT2D eigenvalue weighted by molar-refractivity contribution is -0.141. The quantitative estimate of drug-likeness (QED) is 0.211. The van der Waals surface area contributed by atoms with E-state index in [0.29, 0.717) is 37.4 Å². The number of hydrogen-bond acceptors (Lipinski definition) is 6. The summed E-state index contributed by atoms with van der Waals surface area (Å²) in [6.45, 7) is 1.51. The number of rotatable bonds is 14. The maximum Gasteiger partial charge on any atom is 0.243 e. The summed E-state index contributed by atoms with van der Waals surface area (Å²) in [4.78, 5) is 29.7. The summed E-state index contributed by atoms with van der Waals surface area (Å²) < 4.78 is 38.1. The van der Waals surface area contributed by atoms with Gasteiger partial charge in [-0.05, 0) is 72.4 Å². The second kappa shape index (κ2) is 15.0. The molecular formula is C35H39N3O6S. The molecule has 1 N–H and O–H groups in total. The van der Waals surface area contributed by atoms with Gasteiger partial charge >= 0.3 is 0 Å². The lowest BCUT2D eigenvalue weighted by atomic mass is 10.0. The van der Waals surface area contributed by atoms with E-state index in [-0.39, 0.29) is 36.2 Å². The largest absolute Gasteiger partial charge is 0.497 e. The lowest BCUT2D eigenvalue weighted by Gasteiger charge is -2.31. The zero-order valence-electron chi connectivity index (χ0n) is 25.4. The molecular weight excluding hydrogens is 590 g/mol. The van der Waals surface area contributed by atoms with Gasteiger partial charge in [-0.2, -0.15) is 4.31 Å². The molecule has 45 heavy (non-hydrogen) atoms. The van der Waals surface area contributed by atoms with Gasteiger partial charge in [-0.25, -0.2) is 8.42 Å². The van der Waals surface area contributed by atoms with Gasteiger partial charge in [-0.15, -0.1) is 0 Å². The molecule has 1 aliphatic rings. The number of nitrogens with zero attached hydrogens (tertiary/aromatic N) is 2. The summed E-state index contributed by atoms with van der Waals surface area (Å²) in [5.41, 5.74) is 2.63. The van der Waals surface area contributed by atoms with E-state index in [1.165, 1.54) is 4.31 Å². The van der Waals surface area contributed by atoms with Crippen LogP contribution in [0.15, 0.2) is 107 Å². The molecule has 9 nitrogen and oxygen atoms in total. The van der Waals surface area contributed by atoms with Crippen molar-refractivity contribution in [3.05, 3.63) is 120 Å². The van der Waals surface area contributed by atoms with Gasteiger partial charge in [-0.1, -0.05) is 54.6 Å². The average Bonchev–Trinajstić information content (AvgIpc) is 3.81. The van der Waals surface area contributed by atoms with Crippen LogP contribution >= 0.6 is 0 Å². The Balaban J connectivity index is 1.36. The van der Waals surface area contributed by atoms with Crippen LogP contribution in [0.3, 0.4) is 0 Å². The Kier molecular flexibility index (Phi) is 10.7. The van der Waals surface area contributed by atoms with E-state index in [0.717, 1.165) is 29.5 Å². The van der Waals surface area contributed by atoms with E-state index in [9.17, 15) is 18.0 Å². The SMILES string of the molecule is COc1ccc(CN(C(=O)CCc2ccc(S(=O)(=O)N3CCCC3)cc2)C(Cc2ccccc2)C(=O)NCc2ccco2)cc1. The number of ether oxygens (including phenoxy) is 1. The van der Waals surface area contributed by atoms with Crippen molar-refractivity contribution in [1.82, 2.24) is 14.5 Å². The first-order chi connectivity index (χ1) is 21.8. The highest BCUT2D eigenvalue weighted by molar-refractivity contribution is 7.89. The van der Waals surface area contributed by atoms with E-state index < -0.39 is 16.1 Å². The fourth-order valence-electron chi connectivity index (χ4n) is 5.49. The van der Waals surface area contributed by atoms with E-state index >= 15 is 0 Å². The second-order valence-corrected chi connectivity index (χ2v) is 13.1. The normalized spacial score (nSPS) is 14.2. The summed E-state index contributed by atoms with van der Waals surface area (Å²) in [6.07, 6.45) is 4.17. The highest BCUT2D eigenvalue weighted by Gasteiger charge is 2.31. The molecule has 1 unspecified atom stereocenters. The molecule has 1 aromatic heterocycles. The standard InChI is InChI=1S/C35H39N3O6S/c1-43-30-16-11-29(12-17-30)26-38(33(24-28-8-3-2-4-9-28)35(40)36-25-31-10-7-23-44-31)34(39)20-15-27-13-18-32(19-14-27)45(41,42)37-21-5-6-22-37/h2-4,7-14,16-19,23,33H,5-6,15,20-22,24-26H2,1H3,(H,36,40). The third kappa shape index (κ3) is 8.40. The van der Waals surface area contributed by atoms with E-state index in [2.05, 4.69) is 5.32 Å². The fourth-order valence-corrected chi connectivity index (χ4v) is 7.00. The number of carbonyl (C=O) groups excluding carboxylic acids is 2. The molecule has 5 rings (SSSR count). The molecule has 0 radical (unpaired) electrons. The second-order valence-electron chi connectivity index (χ2n) is 11.1. The summed E-state index contributed by atoms with van der Waals surface area (Å²) in [6, 6.07) is 26.6. The first kappa shape index (κ1) is 32.0. The van der Waals surface area contributed by atoms with Gasteiger partial charge in [0, 0.05) is 32.5 Å². The third-order valence-corrected chi connectivity index (χ3v) is 9.97. The van der Waals surface area contributed by atoms with Crippen molar-refractivity contribution >= 4 is 21.8 Å². The number of furan rings is 1. The maximum atomic E-state index is 14.0. The first-order valence-corrected chi connectivity index (χ1v) is 16.6. The summed E-state index contributed by atoms with van der Waals surface area (Å²) in [5.74, 6) is 0.844. The monoisotopic (exact) mass is 629 g/mol. The Morgan fingerprint density at radius 1 is 0.889 bits per heavy atom. The zero-order valence-corrected chi connectivity index (χ0v) is 26.2. The number of carbonyl (C=O) groups is 2. The molecule has 1 aliphatic heterocycles. The molecule has 3 aromatic carbocycles. The van der Waals surface area contributed by atoms with Crippen LogP contribution in [0, 0.1) is 0 Å². The molecule has 10 heteroatoms. The van der Waals surface area contributed by atoms with Crippen molar-refractivity contribution in [2.24, 2.45) is 0 Å².